The molecule has 0 aromatic heterocycles. The van der Waals surface area contributed by atoms with Gasteiger partial charge in [0.05, 0.1) is 6.17 Å². The van der Waals surface area contributed by atoms with E-state index in [-0.39, 0.29) is 18.0 Å². The lowest BCUT2D eigenvalue weighted by molar-refractivity contribution is -0.138. The molecule has 30 heavy (non-hydrogen) atoms. The Hall–Kier alpha value is -1.44. The summed E-state index contributed by atoms with van der Waals surface area (Å²) in [6, 6.07) is 5.98. The lowest BCUT2D eigenvalue weighted by atomic mass is 9.91. The molecule has 3 aliphatic heterocycles. The zero-order valence-corrected chi connectivity index (χ0v) is 19.2. The van der Waals surface area contributed by atoms with Crippen LogP contribution in [0.15, 0.2) is 18.2 Å². The van der Waals surface area contributed by atoms with Gasteiger partial charge in [-0.25, -0.2) is 8.42 Å². The van der Waals surface area contributed by atoms with Crippen molar-refractivity contribution in [3.05, 3.63) is 34.9 Å². The van der Waals surface area contributed by atoms with Crippen molar-refractivity contribution in [3.8, 4) is 0 Å². The first kappa shape index (κ1) is 21.8. The molecular formula is C23H35N3O3S. The lowest BCUT2D eigenvalue weighted by Gasteiger charge is -2.38. The molecule has 0 saturated carbocycles. The Labute approximate surface area is 181 Å². The van der Waals surface area contributed by atoms with Crippen molar-refractivity contribution in [2.24, 2.45) is 11.8 Å². The summed E-state index contributed by atoms with van der Waals surface area (Å²) in [6.45, 7) is 9.43. The van der Waals surface area contributed by atoms with Crippen LogP contribution in [0.2, 0.25) is 0 Å². The number of rotatable bonds is 3. The number of aryl methyl sites for hydroxylation is 2. The van der Waals surface area contributed by atoms with Crippen molar-refractivity contribution < 1.29 is 13.2 Å². The average Bonchev–Trinajstić information content (AvgIpc) is 2.99. The molecule has 3 atom stereocenters. The largest absolute Gasteiger partial charge is 0.342 e. The van der Waals surface area contributed by atoms with Crippen LogP contribution in [0, 0.1) is 25.7 Å². The van der Waals surface area contributed by atoms with E-state index in [1.165, 1.54) is 12.0 Å². The second-order valence-electron chi connectivity index (χ2n) is 9.43. The minimum atomic E-state index is -3.43. The lowest BCUT2D eigenvalue weighted by Crippen LogP contribution is -2.51. The first-order valence-electron chi connectivity index (χ1n) is 11.4. The standard InChI is InChI=1S/C23H35N3O3S/c1-16-7-8-20(15-17(16)2)21-18(3)22(24-30(21,28)29)25-13-9-19(10-14-25)23(27)26-11-5-4-6-12-26/h7-8,15,18-19,21-22,24H,4-6,9-14H2,1-3H3. The Kier molecular flexibility index (Phi) is 6.24. The number of carbonyl (C=O) groups is 1. The molecule has 4 rings (SSSR count). The van der Waals surface area contributed by atoms with Crippen LogP contribution in [-0.4, -0.2) is 56.5 Å². The van der Waals surface area contributed by atoms with E-state index >= 15 is 0 Å². The predicted molar refractivity (Wildman–Crippen MR) is 118 cm³/mol. The maximum atomic E-state index is 13.0. The smallest absolute Gasteiger partial charge is 0.225 e. The van der Waals surface area contributed by atoms with E-state index in [0.717, 1.165) is 63.0 Å². The van der Waals surface area contributed by atoms with Gasteiger partial charge in [-0.2, -0.15) is 4.72 Å². The molecule has 0 aliphatic carbocycles. The van der Waals surface area contributed by atoms with E-state index in [2.05, 4.69) is 9.62 Å². The molecule has 1 N–H and O–H groups in total. The van der Waals surface area contributed by atoms with E-state index in [9.17, 15) is 13.2 Å². The van der Waals surface area contributed by atoms with E-state index in [0.29, 0.717) is 5.91 Å². The van der Waals surface area contributed by atoms with Gasteiger partial charge in [-0.05, 0) is 62.6 Å². The molecule has 6 nitrogen and oxygen atoms in total. The normalized spacial score (nSPS) is 30.5. The third-order valence-electron chi connectivity index (χ3n) is 7.39. The Morgan fingerprint density at radius 3 is 2.30 bits per heavy atom. The zero-order valence-electron chi connectivity index (χ0n) is 18.4. The summed E-state index contributed by atoms with van der Waals surface area (Å²) in [6.07, 6.45) is 4.89. The van der Waals surface area contributed by atoms with Crippen LogP contribution in [0.3, 0.4) is 0 Å². The van der Waals surface area contributed by atoms with Gasteiger partial charge in [-0.15, -0.1) is 0 Å². The number of likely N-dealkylation sites (tertiary alicyclic amines) is 2. The predicted octanol–water partition coefficient (Wildman–Crippen LogP) is 2.96. The fraction of sp³-hybridized carbons (Fsp3) is 0.696. The van der Waals surface area contributed by atoms with Gasteiger partial charge in [0, 0.05) is 38.0 Å². The van der Waals surface area contributed by atoms with Crippen molar-refractivity contribution in [2.45, 2.75) is 64.3 Å². The fourth-order valence-corrected chi connectivity index (χ4v) is 7.49. The number of benzene rings is 1. The third kappa shape index (κ3) is 4.16. The van der Waals surface area contributed by atoms with Crippen LogP contribution >= 0.6 is 0 Å². The minimum absolute atomic E-state index is 0.0496. The summed E-state index contributed by atoms with van der Waals surface area (Å²) < 4.78 is 28.9. The molecule has 0 spiro atoms. The number of nitrogens with one attached hydrogen (secondary N) is 1. The fourth-order valence-electron chi connectivity index (χ4n) is 5.43. The maximum absolute atomic E-state index is 13.0. The van der Waals surface area contributed by atoms with Crippen LogP contribution in [0.1, 0.15) is 61.0 Å². The molecule has 3 unspecified atom stereocenters. The van der Waals surface area contributed by atoms with Gasteiger partial charge in [0.25, 0.3) is 0 Å². The van der Waals surface area contributed by atoms with E-state index in [4.69, 9.17) is 0 Å². The first-order chi connectivity index (χ1) is 14.3. The molecule has 3 saturated heterocycles. The first-order valence-corrected chi connectivity index (χ1v) is 12.9. The van der Waals surface area contributed by atoms with Crippen LogP contribution in [0.4, 0.5) is 0 Å². The van der Waals surface area contributed by atoms with Crippen molar-refractivity contribution in [2.75, 3.05) is 26.2 Å². The Morgan fingerprint density at radius 1 is 1.00 bits per heavy atom. The monoisotopic (exact) mass is 433 g/mol. The maximum Gasteiger partial charge on any atom is 0.225 e. The van der Waals surface area contributed by atoms with E-state index in [1.807, 2.05) is 43.9 Å². The highest BCUT2D eigenvalue weighted by atomic mass is 32.2. The van der Waals surface area contributed by atoms with Gasteiger partial charge < -0.3 is 4.90 Å². The number of piperidine rings is 2. The summed E-state index contributed by atoms with van der Waals surface area (Å²) in [5.74, 6) is 0.345. The highest BCUT2D eigenvalue weighted by Crippen LogP contribution is 2.40. The van der Waals surface area contributed by atoms with Crippen molar-refractivity contribution >= 4 is 15.9 Å². The van der Waals surface area contributed by atoms with Crippen LogP contribution < -0.4 is 4.72 Å². The van der Waals surface area contributed by atoms with Gasteiger partial charge in [0.2, 0.25) is 15.9 Å². The molecular weight excluding hydrogens is 398 g/mol. The third-order valence-corrected chi connectivity index (χ3v) is 9.33. The highest BCUT2D eigenvalue weighted by Gasteiger charge is 2.48. The molecule has 3 heterocycles. The van der Waals surface area contributed by atoms with Crippen molar-refractivity contribution in [3.63, 3.8) is 0 Å². The molecule has 0 radical (unpaired) electrons. The molecule has 1 aromatic carbocycles. The topological polar surface area (TPSA) is 69.7 Å². The van der Waals surface area contributed by atoms with Crippen LogP contribution in [0.5, 0.6) is 0 Å². The summed E-state index contributed by atoms with van der Waals surface area (Å²) in [5.41, 5.74) is 3.16. The second-order valence-corrected chi connectivity index (χ2v) is 11.3. The second kappa shape index (κ2) is 8.60. The van der Waals surface area contributed by atoms with Gasteiger partial charge >= 0.3 is 0 Å². The van der Waals surface area contributed by atoms with Gasteiger partial charge in [-0.3, -0.25) is 9.69 Å². The minimum Gasteiger partial charge on any atom is -0.342 e. The van der Waals surface area contributed by atoms with Crippen LogP contribution in [-0.2, 0) is 14.8 Å². The average molecular weight is 434 g/mol. The van der Waals surface area contributed by atoms with E-state index in [1.54, 1.807) is 0 Å². The summed E-state index contributed by atoms with van der Waals surface area (Å²) >= 11 is 0. The molecule has 166 valence electrons. The number of amides is 1. The molecule has 3 fully saturated rings. The van der Waals surface area contributed by atoms with Crippen molar-refractivity contribution in [1.29, 1.82) is 0 Å². The van der Waals surface area contributed by atoms with E-state index < -0.39 is 15.3 Å². The van der Waals surface area contributed by atoms with Gasteiger partial charge in [0.15, 0.2) is 0 Å². The zero-order chi connectivity index (χ0) is 21.5. The molecule has 0 bridgehead atoms. The summed E-state index contributed by atoms with van der Waals surface area (Å²) in [4.78, 5) is 17.1. The summed E-state index contributed by atoms with van der Waals surface area (Å²) in [5, 5.41) is -0.533. The molecule has 1 amide bonds. The van der Waals surface area contributed by atoms with Gasteiger partial charge in [-0.1, -0.05) is 25.1 Å². The number of nitrogens with zero attached hydrogens (tertiary/aromatic N) is 2. The van der Waals surface area contributed by atoms with Gasteiger partial charge in [0.1, 0.15) is 5.25 Å². The summed E-state index contributed by atoms with van der Waals surface area (Å²) in [7, 11) is -3.43. The number of sulfonamides is 1. The number of hydrogen-bond donors (Lipinski definition) is 1. The molecule has 1 aromatic rings. The number of carbonyl (C=O) groups excluding carboxylic acids is 1. The highest BCUT2D eigenvalue weighted by molar-refractivity contribution is 7.90. The molecule has 3 aliphatic rings. The Bertz CT molecular complexity index is 887. The SMILES string of the molecule is Cc1ccc(C2C(C)C(N3CCC(C(=O)N4CCCCC4)CC3)NS2(=O)=O)cc1C. The quantitative estimate of drug-likeness (QED) is 0.796. The Morgan fingerprint density at radius 2 is 1.67 bits per heavy atom. The van der Waals surface area contributed by atoms with Crippen LogP contribution in [0.25, 0.3) is 0 Å². The number of hydrogen-bond acceptors (Lipinski definition) is 4. The van der Waals surface area contributed by atoms with Crippen molar-refractivity contribution in [1.82, 2.24) is 14.5 Å². The Balaban J connectivity index is 1.43. The molecule has 7 heteroatoms.